The number of nitrogens with zero attached hydrogens (tertiary/aromatic N) is 5. The topological polar surface area (TPSA) is 97.1 Å². The highest BCUT2D eigenvalue weighted by molar-refractivity contribution is 6.03. The number of anilines is 2. The van der Waals surface area contributed by atoms with E-state index in [9.17, 15) is 18.0 Å². The number of hydrogen-bond donors (Lipinski definition) is 2. The zero-order chi connectivity index (χ0) is 25.6. The minimum absolute atomic E-state index is 0.136. The van der Waals surface area contributed by atoms with Crippen molar-refractivity contribution in [2.45, 2.75) is 26.1 Å². The zero-order valence-electron chi connectivity index (χ0n) is 19.7. The number of carbonyl (C=O) groups is 1. The van der Waals surface area contributed by atoms with Crippen LogP contribution in [-0.2, 0) is 6.18 Å². The predicted molar refractivity (Wildman–Crippen MR) is 129 cm³/mol. The van der Waals surface area contributed by atoms with Gasteiger partial charge in [-0.05, 0) is 55.3 Å². The second kappa shape index (κ2) is 8.74. The number of rotatable bonds is 3. The van der Waals surface area contributed by atoms with Crippen molar-refractivity contribution >= 4 is 17.4 Å². The number of benzene rings is 1. The SMILES string of the molecule is CN=c1ncc2cc(-c3cc(NC(=O)c4cc(C(F)(F)F)ccn4)ccc3C)c3n(c-2n1)[C@@H](C)CN3. The van der Waals surface area contributed by atoms with E-state index in [0.717, 1.165) is 52.2 Å². The van der Waals surface area contributed by atoms with Gasteiger partial charge in [0.15, 0.2) is 0 Å². The highest BCUT2D eigenvalue weighted by Gasteiger charge is 2.31. The molecule has 1 amide bonds. The van der Waals surface area contributed by atoms with Gasteiger partial charge in [-0.2, -0.15) is 18.2 Å². The van der Waals surface area contributed by atoms with Crippen LogP contribution in [0.1, 0.15) is 34.6 Å². The van der Waals surface area contributed by atoms with Crippen LogP contribution in [0.5, 0.6) is 0 Å². The van der Waals surface area contributed by atoms with E-state index < -0.39 is 17.6 Å². The highest BCUT2D eigenvalue weighted by atomic mass is 19.4. The maximum atomic E-state index is 13.1. The van der Waals surface area contributed by atoms with Gasteiger partial charge in [0, 0.05) is 42.8 Å². The van der Waals surface area contributed by atoms with Crippen molar-refractivity contribution in [2.75, 3.05) is 24.2 Å². The van der Waals surface area contributed by atoms with Crippen molar-refractivity contribution in [1.29, 1.82) is 0 Å². The maximum absolute atomic E-state index is 13.1. The first-order chi connectivity index (χ1) is 17.2. The number of fused-ring (bicyclic) bond motifs is 3. The van der Waals surface area contributed by atoms with E-state index in [0.29, 0.717) is 17.9 Å². The molecule has 4 heterocycles. The van der Waals surface area contributed by atoms with E-state index >= 15 is 0 Å². The third kappa shape index (κ3) is 4.16. The number of pyridine rings is 2. The summed E-state index contributed by atoms with van der Waals surface area (Å²) < 4.78 is 41.3. The summed E-state index contributed by atoms with van der Waals surface area (Å²) in [6.07, 6.45) is -1.87. The van der Waals surface area contributed by atoms with Crippen LogP contribution in [-0.4, -0.2) is 39.0 Å². The van der Waals surface area contributed by atoms with Gasteiger partial charge in [0.05, 0.1) is 11.6 Å². The number of halogens is 3. The number of hydrogen-bond acceptors (Lipinski definition) is 6. The number of nitrogens with one attached hydrogen (secondary N) is 2. The summed E-state index contributed by atoms with van der Waals surface area (Å²) in [6.45, 7) is 4.75. The molecule has 0 aliphatic carbocycles. The monoisotopic (exact) mass is 493 g/mol. The van der Waals surface area contributed by atoms with Gasteiger partial charge >= 0.3 is 6.18 Å². The lowest BCUT2D eigenvalue weighted by Gasteiger charge is -2.20. The van der Waals surface area contributed by atoms with Gasteiger partial charge in [-0.15, -0.1) is 0 Å². The summed E-state index contributed by atoms with van der Waals surface area (Å²) in [7, 11) is 1.64. The summed E-state index contributed by atoms with van der Waals surface area (Å²) in [5, 5.41) is 6.12. The Labute approximate surface area is 204 Å². The number of alkyl halides is 3. The molecular formula is C25H22F3N7O. The summed E-state index contributed by atoms with van der Waals surface area (Å²) >= 11 is 0. The molecule has 5 rings (SSSR count). The van der Waals surface area contributed by atoms with Crippen molar-refractivity contribution in [3.8, 4) is 22.5 Å². The number of aryl methyl sites for hydroxylation is 1. The van der Waals surface area contributed by atoms with E-state index in [4.69, 9.17) is 0 Å². The molecule has 1 aromatic carbocycles. The lowest BCUT2D eigenvalue weighted by Crippen LogP contribution is -2.18. The molecule has 8 nitrogen and oxygen atoms in total. The van der Waals surface area contributed by atoms with E-state index in [1.165, 1.54) is 0 Å². The van der Waals surface area contributed by atoms with E-state index in [2.05, 4.69) is 42.1 Å². The van der Waals surface area contributed by atoms with Crippen molar-refractivity contribution in [3.63, 3.8) is 0 Å². The Morgan fingerprint density at radius 2 is 1.97 bits per heavy atom. The predicted octanol–water partition coefficient (Wildman–Crippen LogP) is 4.54. The summed E-state index contributed by atoms with van der Waals surface area (Å²) in [5.41, 5.74) is 3.10. The highest BCUT2D eigenvalue weighted by Crippen LogP contribution is 2.41. The molecule has 2 N–H and O–H groups in total. The Balaban J connectivity index is 1.56. The molecule has 0 radical (unpaired) electrons. The van der Waals surface area contributed by atoms with Gasteiger partial charge in [-0.3, -0.25) is 14.8 Å². The second-order valence-corrected chi connectivity index (χ2v) is 8.59. The molecule has 36 heavy (non-hydrogen) atoms. The third-order valence-corrected chi connectivity index (χ3v) is 6.12. The average molecular weight is 493 g/mol. The molecule has 3 aliphatic rings. The lowest BCUT2D eigenvalue weighted by atomic mass is 9.98. The fourth-order valence-corrected chi connectivity index (χ4v) is 4.30. The van der Waals surface area contributed by atoms with Crippen molar-refractivity contribution in [3.05, 3.63) is 71.2 Å². The molecule has 0 saturated heterocycles. The number of aromatic nitrogens is 4. The minimum Gasteiger partial charge on any atom is -0.369 e. The minimum atomic E-state index is -4.57. The first-order valence-corrected chi connectivity index (χ1v) is 11.2. The average Bonchev–Trinajstić information content (AvgIpc) is 3.26. The van der Waals surface area contributed by atoms with Gasteiger partial charge < -0.3 is 15.2 Å². The molecule has 184 valence electrons. The first-order valence-electron chi connectivity index (χ1n) is 11.2. The molecule has 0 spiro atoms. The van der Waals surface area contributed by atoms with E-state index in [-0.39, 0.29) is 11.7 Å². The molecule has 2 aromatic rings. The van der Waals surface area contributed by atoms with Gasteiger partial charge in [0.2, 0.25) is 5.62 Å². The number of amides is 1. The molecule has 1 aromatic heterocycles. The molecule has 0 fully saturated rings. The van der Waals surface area contributed by atoms with Crippen molar-refractivity contribution in [1.82, 2.24) is 19.5 Å². The van der Waals surface area contributed by atoms with Gasteiger partial charge in [0.1, 0.15) is 17.3 Å². The standard InChI is InChI=1S/C25H22F3N7O/c1-13-4-5-17(33-23(36)20-9-16(6-7-30-20)25(26,27)28)10-18(13)19-8-15-12-32-24(29-3)34-21(15)35-14(2)11-31-22(19)35/h4-10,12,14,31H,11H2,1-3H3,(H,33,36)/t14-/m0/s1. The van der Waals surface area contributed by atoms with Crippen LogP contribution in [0.25, 0.3) is 22.5 Å². The molecule has 0 saturated carbocycles. The summed E-state index contributed by atoms with van der Waals surface area (Å²) in [5.74, 6) is 0.909. The summed E-state index contributed by atoms with van der Waals surface area (Å²) in [6, 6.07) is 9.02. The van der Waals surface area contributed by atoms with Crippen LogP contribution in [0, 0.1) is 6.92 Å². The molecule has 0 bridgehead atoms. The molecule has 11 heteroatoms. The van der Waals surface area contributed by atoms with Crippen molar-refractivity contribution in [2.24, 2.45) is 4.99 Å². The Morgan fingerprint density at radius 1 is 1.17 bits per heavy atom. The van der Waals surface area contributed by atoms with Crippen LogP contribution < -0.4 is 16.3 Å². The van der Waals surface area contributed by atoms with Crippen LogP contribution in [0.2, 0.25) is 0 Å². The second-order valence-electron chi connectivity index (χ2n) is 8.59. The third-order valence-electron chi connectivity index (χ3n) is 6.12. The smallest absolute Gasteiger partial charge is 0.369 e. The van der Waals surface area contributed by atoms with E-state index in [1.807, 2.05) is 19.1 Å². The van der Waals surface area contributed by atoms with Crippen LogP contribution >= 0.6 is 0 Å². The lowest BCUT2D eigenvalue weighted by molar-refractivity contribution is -0.137. The molecule has 3 aliphatic heterocycles. The van der Waals surface area contributed by atoms with Gasteiger partial charge in [0.25, 0.3) is 5.91 Å². The van der Waals surface area contributed by atoms with E-state index in [1.54, 1.807) is 25.4 Å². The van der Waals surface area contributed by atoms with Gasteiger partial charge in [-0.25, -0.2) is 4.98 Å². The Kier molecular flexibility index (Phi) is 5.70. The molecule has 0 unspecified atom stereocenters. The van der Waals surface area contributed by atoms with Gasteiger partial charge in [-0.1, -0.05) is 6.07 Å². The zero-order valence-corrected chi connectivity index (χ0v) is 19.7. The Morgan fingerprint density at radius 3 is 2.72 bits per heavy atom. The largest absolute Gasteiger partial charge is 0.416 e. The fraction of sp³-hybridized carbons (Fsp3) is 0.240. The molecular weight excluding hydrogens is 471 g/mol. The Bertz CT molecular complexity index is 1530. The molecule has 1 atom stereocenters. The van der Waals surface area contributed by atoms with Crippen LogP contribution in [0.3, 0.4) is 0 Å². The maximum Gasteiger partial charge on any atom is 0.416 e. The summed E-state index contributed by atoms with van der Waals surface area (Å²) in [4.78, 5) is 29.5. The van der Waals surface area contributed by atoms with Crippen LogP contribution in [0.4, 0.5) is 24.7 Å². The fourth-order valence-electron chi connectivity index (χ4n) is 4.30. The number of carbonyl (C=O) groups excluding carboxylic acids is 1. The van der Waals surface area contributed by atoms with Crippen molar-refractivity contribution < 1.29 is 18.0 Å². The van der Waals surface area contributed by atoms with Crippen LogP contribution in [0.15, 0.2) is 53.8 Å². The quantitative estimate of drug-likeness (QED) is 0.437. The normalized spacial score (nSPS) is 15.6. The Hall–Kier alpha value is -4.28. The first kappa shape index (κ1) is 23.5.